The number of hydrogen-bond donors (Lipinski definition) is 1. The average molecular weight is 246 g/mol. The van der Waals surface area contributed by atoms with Gasteiger partial charge in [0.1, 0.15) is 5.75 Å². The Hall–Kier alpha value is -1.39. The zero-order chi connectivity index (χ0) is 11.7. The van der Waals surface area contributed by atoms with Crippen LogP contribution in [0.3, 0.4) is 0 Å². The molecule has 1 aromatic heterocycles. The van der Waals surface area contributed by atoms with Crippen LogP contribution in [-0.4, -0.2) is 18.6 Å². The van der Waals surface area contributed by atoms with Crippen LogP contribution in [0, 0.1) is 0 Å². The monoisotopic (exact) mass is 246 g/mol. The Morgan fingerprint density at radius 1 is 1.47 bits per heavy atom. The van der Waals surface area contributed by atoms with E-state index in [0.29, 0.717) is 0 Å². The molecule has 0 radical (unpaired) electrons. The largest absolute Gasteiger partial charge is 0.497 e. The lowest BCUT2D eigenvalue weighted by Gasteiger charge is -2.23. The molecule has 1 aliphatic heterocycles. The van der Waals surface area contributed by atoms with Crippen LogP contribution in [0.25, 0.3) is 0 Å². The summed E-state index contributed by atoms with van der Waals surface area (Å²) in [5.41, 5.74) is 4.33. The van der Waals surface area contributed by atoms with Gasteiger partial charge in [0, 0.05) is 11.4 Å². The number of methoxy groups -OCH3 is 1. The van der Waals surface area contributed by atoms with Crippen molar-refractivity contribution in [3.63, 3.8) is 0 Å². The van der Waals surface area contributed by atoms with E-state index >= 15 is 0 Å². The molecule has 0 amide bonds. The molecule has 1 atom stereocenters. The molecule has 3 rings (SSSR count). The SMILES string of the molecule is COc1cccc(C2NCCc3scnc32)c1. The highest BCUT2D eigenvalue weighted by atomic mass is 32.1. The van der Waals surface area contributed by atoms with E-state index in [0.717, 1.165) is 18.7 Å². The highest BCUT2D eigenvalue weighted by Gasteiger charge is 2.23. The molecule has 0 aliphatic carbocycles. The standard InChI is InChI=1S/C13H14N2OS/c1-16-10-4-2-3-9(7-10)12-13-11(5-6-14-12)17-8-15-13/h2-4,7-8,12,14H,5-6H2,1H3. The molecule has 1 aromatic carbocycles. The van der Waals surface area contributed by atoms with Crippen molar-refractivity contribution in [2.75, 3.05) is 13.7 Å². The Bertz CT molecular complexity index is 524. The fourth-order valence-electron chi connectivity index (χ4n) is 2.23. The molecule has 2 heterocycles. The molecular weight excluding hydrogens is 232 g/mol. The zero-order valence-corrected chi connectivity index (χ0v) is 10.5. The lowest BCUT2D eigenvalue weighted by Crippen LogP contribution is -2.30. The quantitative estimate of drug-likeness (QED) is 0.883. The summed E-state index contributed by atoms with van der Waals surface area (Å²) < 4.78 is 5.27. The van der Waals surface area contributed by atoms with E-state index in [1.807, 2.05) is 17.6 Å². The van der Waals surface area contributed by atoms with Crippen molar-refractivity contribution in [1.29, 1.82) is 0 Å². The molecule has 3 nitrogen and oxygen atoms in total. The Balaban J connectivity index is 2.00. The first-order valence-corrected chi connectivity index (χ1v) is 6.56. The molecule has 0 saturated carbocycles. The molecule has 0 bridgehead atoms. The minimum absolute atomic E-state index is 0.208. The van der Waals surface area contributed by atoms with E-state index < -0.39 is 0 Å². The van der Waals surface area contributed by atoms with Gasteiger partial charge in [0.2, 0.25) is 0 Å². The maximum Gasteiger partial charge on any atom is 0.119 e. The lowest BCUT2D eigenvalue weighted by atomic mass is 9.99. The molecule has 4 heteroatoms. The molecule has 88 valence electrons. The molecule has 0 spiro atoms. The molecule has 17 heavy (non-hydrogen) atoms. The second-order valence-electron chi connectivity index (χ2n) is 4.07. The number of thiazole rings is 1. The summed E-state index contributed by atoms with van der Waals surface area (Å²) in [6.07, 6.45) is 1.08. The van der Waals surface area contributed by atoms with Crippen LogP contribution in [-0.2, 0) is 6.42 Å². The Morgan fingerprint density at radius 2 is 2.41 bits per heavy atom. The van der Waals surface area contributed by atoms with Crippen molar-refractivity contribution in [2.45, 2.75) is 12.5 Å². The first-order chi connectivity index (χ1) is 8.38. The van der Waals surface area contributed by atoms with E-state index in [1.54, 1.807) is 18.4 Å². The summed E-state index contributed by atoms with van der Waals surface area (Å²) in [7, 11) is 1.70. The van der Waals surface area contributed by atoms with Crippen LogP contribution in [0.2, 0.25) is 0 Å². The van der Waals surface area contributed by atoms with Gasteiger partial charge in [-0.25, -0.2) is 4.98 Å². The molecule has 0 fully saturated rings. The number of fused-ring (bicyclic) bond motifs is 1. The second-order valence-corrected chi connectivity index (χ2v) is 5.01. The lowest BCUT2D eigenvalue weighted by molar-refractivity contribution is 0.413. The molecule has 0 saturated heterocycles. The minimum Gasteiger partial charge on any atom is -0.497 e. The highest BCUT2D eigenvalue weighted by molar-refractivity contribution is 7.09. The molecule has 1 N–H and O–H groups in total. The van der Waals surface area contributed by atoms with Crippen molar-refractivity contribution in [3.05, 3.63) is 45.9 Å². The van der Waals surface area contributed by atoms with E-state index in [2.05, 4.69) is 22.4 Å². The molecule has 1 aliphatic rings. The number of nitrogens with one attached hydrogen (secondary N) is 1. The van der Waals surface area contributed by atoms with Crippen molar-refractivity contribution < 1.29 is 4.74 Å². The predicted octanol–water partition coefficient (Wildman–Crippen LogP) is 2.39. The second kappa shape index (κ2) is 4.47. The van der Waals surface area contributed by atoms with Gasteiger partial charge in [0.15, 0.2) is 0 Å². The Kier molecular flexibility index (Phi) is 2.82. The van der Waals surface area contributed by atoms with Crippen molar-refractivity contribution in [1.82, 2.24) is 10.3 Å². The summed E-state index contributed by atoms with van der Waals surface area (Å²) in [6, 6.07) is 8.39. The van der Waals surface area contributed by atoms with Gasteiger partial charge in [-0.1, -0.05) is 12.1 Å². The van der Waals surface area contributed by atoms with Gasteiger partial charge in [-0.3, -0.25) is 0 Å². The normalized spacial score (nSPS) is 18.8. The third-order valence-electron chi connectivity index (χ3n) is 3.07. The summed E-state index contributed by atoms with van der Waals surface area (Å²) >= 11 is 1.75. The summed E-state index contributed by atoms with van der Waals surface area (Å²) in [5.74, 6) is 0.895. The maximum absolute atomic E-state index is 5.27. The van der Waals surface area contributed by atoms with Gasteiger partial charge in [0.25, 0.3) is 0 Å². The van der Waals surface area contributed by atoms with Gasteiger partial charge >= 0.3 is 0 Å². The fraction of sp³-hybridized carbons (Fsp3) is 0.308. The van der Waals surface area contributed by atoms with Gasteiger partial charge in [-0.15, -0.1) is 11.3 Å². The highest BCUT2D eigenvalue weighted by Crippen LogP contribution is 2.31. The van der Waals surface area contributed by atoms with Gasteiger partial charge in [-0.2, -0.15) is 0 Å². The third-order valence-corrected chi connectivity index (χ3v) is 3.98. The summed E-state index contributed by atoms with van der Waals surface area (Å²) in [5, 5.41) is 3.52. The molecular formula is C13H14N2OS. The number of rotatable bonds is 2. The van der Waals surface area contributed by atoms with E-state index in [1.165, 1.54) is 16.1 Å². The zero-order valence-electron chi connectivity index (χ0n) is 9.64. The topological polar surface area (TPSA) is 34.1 Å². The molecule has 2 aromatic rings. The summed E-state index contributed by atoms with van der Waals surface area (Å²) in [6.45, 7) is 1.01. The van der Waals surface area contributed by atoms with Crippen LogP contribution >= 0.6 is 11.3 Å². The van der Waals surface area contributed by atoms with Crippen LogP contribution in [0.1, 0.15) is 22.2 Å². The first-order valence-electron chi connectivity index (χ1n) is 5.68. The van der Waals surface area contributed by atoms with Crippen molar-refractivity contribution in [3.8, 4) is 5.75 Å². The molecule has 1 unspecified atom stereocenters. The predicted molar refractivity (Wildman–Crippen MR) is 68.7 cm³/mol. The number of benzene rings is 1. The minimum atomic E-state index is 0.208. The van der Waals surface area contributed by atoms with Crippen LogP contribution in [0.5, 0.6) is 5.75 Å². The van der Waals surface area contributed by atoms with Gasteiger partial charge < -0.3 is 10.1 Å². The van der Waals surface area contributed by atoms with Gasteiger partial charge in [-0.05, 0) is 24.1 Å². The Labute approximate surface area is 104 Å². The van der Waals surface area contributed by atoms with Crippen LogP contribution in [0.4, 0.5) is 0 Å². The van der Waals surface area contributed by atoms with E-state index in [-0.39, 0.29) is 6.04 Å². The van der Waals surface area contributed by atoms with E-state index in [9.17, 15) is 0 Å². The van der Waals surface area contributed by atoms with E-state index in [4.69, 9.17) is 4.74 Å². The number of nitrogens with zero attached hydrogens (tertiary/aromatic N) is 1. The van der Waals surface area contributed by atoms with Crippen molar-refractivity contribution in [2.24, 2.45) is 0 Å². The van der Waals surface area contributed by atoms with Crippen molar-refractivity contribution >= 4 is 11.3 Å². The third kappa shape index (κ3) is 1.94. The Morgan fingerprint density at radius 3 is 3.29 bits per heavy atom. The smallest absolute Gasteiger partial charge is 0.119 e. The summed E-state index contributed by atoms with van der Waals surface area (Å²) in [4.78, 5) is 5.88. The number of aromatic nitrogens is 1. The number of hydrogen-bond acceptors (Lipinski definition) is 4. The first kappa shape index (κ1) is 10.7. The van der Waals surface area contributed by atoms with Gasteiger partial charge in [0.05, 0.1) is 24.4 Å². The van der Waals surface area contributed by atoms with Crippen LogP contribution in [0.15, 0.2) is 29.8 Å². The number of ether oxygens (including phenoxy) is 1. The fourth-order valence-corrected chi connectivity index (χ4v) is 3.03. The van der Waals surface area contributed by atoms with Crippen LogP contribution < -0.4 is 10.1 Å². The maximum atomic E-state index is 5.27. The average Bonchev–Trinajstić information content (AvgIpc) is 2.87.